The fourth-order valence-corrected chi connectivity index (χ4v) is 3.08. The molecule has 1 heterocycles. The van der Waals surface area contributed by atoms with E-state index in [4.69, 9.17) is 4.74 Å². The maximum absolute atomic E-state index is 12.7. The third-order valence-electron chi connectivity index (χ3n) is 4.05. The molecule has 4 heteroatoms. The maximum Gasteiger partial charge on any atom is 0.311 e. The number of methoxy groups -OCH3 is 1. The van der Waals surface area contributed by atoms with Crippen LogP contribution in [0.2, 0.25) is 0 Å². The molecule has 0 aliphatic carbocycles. The Hall–Kier alpha value is -1.84. The summed E-state index contributed by atoms with van der Waals surface area (Å²) in [6.07, 6.45) is 0. The van der Waals surface area contributed by atoms with Crippen LogP contribution < -0.4 is 0 Å². The number of ether oxygens (including phenoxy) is 1. The van der Waals surface area contributed by atoms with Gasteiger partial charge in [0.25, 0.3) is 0 Å². The summed E-state index contributed by atoms with van der Waals surface area (Å²) >= 11 is 0. The number of benzene rings is 1. The van der Waals surface area contributed by atoms with E-state index in [1.54, 1.807) is 4.90 Å². The van der Waals surface area contributed by atoms with Crippen molar-refractivity contribution in [3.63, 3.8) is 0 Å². The SMILES string of the molecule is COC(=O)C1CN(Cc2ccccc2)C(=O)C1C(C)(C)C. The second-order valence-electron chi connectivity index (χ2n) is 6.68. The maximum atomic E-state index is 12.7. The largest absolute Gasteiger partial charge is 0.469 e. The summed E-state index contributed by atoms with van der Waals surface area (Å²) in [4.78, 5) is 26.5. The molecule has 0 saturated carbocycles. The van der Waals surface area contributed by atoms with Gasteiger partial charge in [0.15, 0.2) is 0 Å². The van der Waals surface area contributed by atoms with Gasteiger partial charge < -0.3 is 9.64 Å². The van der Waals surface area contributed by atoms with E-state index in [2.05, 4.69) is 0 Å². The Morgan fingerprint density at radius 2 is 1.90 bits per heavy atom. The standard InChI is InChI=1S/C17H23NO3/c1-17(2,3)14-13(16(20)21-4)11-18(15(14)19)10-12-8-6-5-7-9-12/h5-9,13-14H,10-11H2,1-4H3. The van der Waals surface area contributed by atoms with Gasteiger partial charge in [0.05, 0.1) is 18.9 Å². The van der Waals surface area contributed by atoms with Gasteiger partial charge in [0, 0.05) is 13.1 Å². The smallest absolute Gasteiger partial charge is 0.311 e. The summed E-state index contributed by atoms with van der Waals surface area (Å²) in [6, 6.07) is 9.84. The Labute approximate surface area is 126 Å². The van der Waals surface area contributed by atoms with E-state index < -0.39 is 0 Å². The number of esters is 1. The van der Waals surface area contributed by atoms with Crippen molar-refractivity contribution in [2.24, 2.45) is 17.3 Å². The lowest BCUT2D eigenvalue weighted by Gasteiger charge is -2.28. The number of hydrogen-bond acceptors (Lipinski definition) is 3. The van der Waals surface area contributed by atoms with E-state index in [0.29, 0.717) is 13.1 Å². The van der Waals surface area contributed by atoms with Crippen LogP contribution in [0, 0.1) is 17.3 Å². The van der Waals surface area contributed by atoms with Crippen molar-refractivity contribution in [2.75, 3.05) is 13.7 Å². The molecule has 1 aromatic carbocycles. The molecule has 2 atom stereocenters. The van der Waals surface area contributed by atoms with Crippen LogP contribution in [0.1, 0.15) is 26.3 Å². The quantitative estimate of drug-likeness (QED) is 0.803. The minimum atomic E-state index is -0.383. The molecule has 1 aliphatic heterocycles. The predicted octanol–water partition coefficient (Wildman–Crippen LogP) is 2.48. The zero-order valence-electron chi connectivity index (χ0n) is 13.1. The Balaban J connectivity index is 2.22. The summed E-state index contributed by atoms with van der Waals surface area (Å²) in [5, 5.41) is 0. The van der Waals surface area contributed by atoms with Crippen LogP contribution >= 0.6 is 0 Å². The third-order valence-corrected chi connectivity index (χ3v) is 4.05. The molecule has 0 radical (unpaired) electrons. The molecule has 0 bridgehead atoms. The molecule has 21 heavy (non-hydrogen) atoms. The van der Waals surface area contributed by atoms with Gasteiger partial charge in [-0.05, 0) is 11.0 Å². The lowest BCUT2D eigenvalue weighted by atomic mass is 9.74. The average molecular weight is 289 g/mol. The fraction of sp³-hybridized carbons (Fsp3) is 0.529. The topological polar surface area (TPSA) is 46.6 Å². The predicted molar refractivity (Wildman–Crippen MR) is 80.3 cm³/mol. The molecular formula is C17H23NO3. The minimum Gasteiger partial charge on any atom is -0.469 e. The first kappa shape index (κ1) is 15.5. The van der Waals surface area contributed by atoms with Gasteiger partial charge in [-0.2, -0.15) is 0 Å². The van der Waals surface area contributed by atoms with Crippen LogP contribution in [0.4, 0.5) is 0 Å². The third kappa shape index (κ3) is 3.26. The number of amides is 1. The number of rotatable bonds is 3. The van der Waals surface area contributed by atoms with Gasteiger partial charge in [-0.15, -0.1) is 0 Å². The number of likely N-dealkylation sites (tertiary alicyclic amines) is 1. The Morgan fingerprint density at radius 3 is 2.43 bits per heavy atom. The van der Waals surface area contributed by atoms with Gasteiger partial charge in [0.2, 0.25) is 5.91 Å². The van der Waals surface area contributed by atoms with Gasteiger partial charge in [-0.1, -0.05) is 51.1 Å². The highest BCUT2D eigenvalue weighted by atomic mass is 16.5. The van der Waals surface area contributed by atoms with Crippen LogP contribution in [0.15, 0.2) is 30.3 Å². The van der Waals surface area contributed by atoms with Gasteiger partial charge >= 0.3 is 5.97 Å². The lowest BCUT2D eigenvalue weighted by Crippen LogP contribution is -2.35. The molecule has 4 nitrogen and oxygen atoms in total. The second kappa shape index (κ2) is 5.88. The van der Waals surface area contributed by atoms with Crippen LogP contribution in [0.5, 0.6) is 0 Å². The van der Waals surface area contributed by atoms with E-state index >= 15 is 0 Å². The summed E-state index contributed by atoms with van der Waals surface area (Å²) < 4.78 is 4.89. The molecule has 1 aliphatic rings. The van der Waals surface area contributed by atoms with Crippen LogP contribution in [-0.4, -0.2) is 30.4 Å². The fourth-order valence-electron chi connectivity index (χ4n) is 3.08. The van der Waals surface area contributed by atoms with Crippen molar-refractivity contribution in [3.8, 4) is 0 Å². The second-order valence-corrected chi connectivity index (χ2v) is 6.68. The normalized spacial score (nSPS) is 22.5. The summed E-state index contributed by atoms with van der Waals surface area (Å²) in [7, 11) is 1.38. The molecular weight excluding hydrogens is 266 g/mol. The highest BCUT2D eigenvalue weighted by Crippen LogP contribution is 2.39. The number of carbonyl (C=O) groups excluding carboxylic acids is 2. The van der Waals surface area contributed by atoms with E-state index in [1.165, 1.54) is 7.11 Å². The molecule has 2 rings (SSSR count). The van der Waals surface area contributed by atoms with Gasteiger partial charge in [-0.3, -0.25) is 9.59 Å². The average Bonchev–Trinajstić information content (AvgIpc) is 2.76. The number of nitrogens with zero attached hydrogens (tertiary/aromatic N) is 1. The first-order chi connectivity index (χ1) is 9.84. The summed E-state index contributed by atoms with van der Waals surface area (Å²) in [6.45, 7) is 6.97. The Bertz CT molecular complexity index is 519. The van der Waals surface area contributed by atoms with Crippen molar-refractivity contribution in [1.82, 2.24) is 4.90 Å². The van der Waals surface area contributed by atoms with E-state index in [0.717, 1.165) is 5.56 Å². The molecule has 1 fully saturated rings. The van der Waals surface area contributed by atoms with Crippen LogP contribution in [-0.2, 0) is 20.9 Å². The molecule has 0 aromatic heterocycles. The van der Waals surface area contributed by atoms with Crippen LogP contribution in [0.25, 0.3) is 0 Å². The van der Waals surface area contributed by atoms with Gasteiger partial charge in [-0.25, -0.2) is 0 Å². The van der Waals surface area contributed by atoms with Crippen LogP contribution in [0.3, 0.4) is 0 Å². The van der Waals surface area contributed by atoms with Crippen molar-refractivity contribution in [2.45, 2.75) is 27.3 Å². The Kier molecular flexibility index (Phi) is 4.35. The van der Waals surface area contributed by atoms with Gasteiger partial charge in [0.1, 0.15) is 0 Å². The molecule has 1 amide bonds. The molecule has 0 N–H and O–H groups in total. The zero-order chi connectivity index (χ0) is 15.6. The Morgan fingerprint density at radius 1 is 1.29 bits per heavy atom. The highest BCUT2D eigenvalue weighted by molar-refractivity contribution is 5.89. The first-order valence-electron chi connectivity index (χ1n) is 7.25. The summed E-state index contributed by atoms with van der Waals surface area (Å²) in [5.74, 6) is -0.958. The van der Waals surface area contributed by atoms with Crippen molar-refractivity contribution in [1.29, 1.82) is 0 Å². The van der Waals surface area contributed by atoms with Crippen molar-refractivity contribution >= 4 is 11.9 Å². The van der Waals surface area contributed by atoms with Crippen molar-refractivity contribution in [3.05, 3.63) is 35.9 Å². The molecule has 1 saturated heterocycles. The first-order valence-corrected chi connectivity index (χ1v) is 7.25. The zero-order valence-corrected chi connectivity index (χ0v) is 13.1. The molecule has 114 valence electrons. The van der Waals surface area contributed by atoms with Crippen molar-refractivity contribution < 1.29 is 14.3 Å². The minimum absolute atomic E-state index is 0.0433. The molecule has 2 unspecified atom stereocenters. The number of carbonyl (C=O) groups is 2. The van der Waals surface area contributed by atoms with E-state index in [-0.39, 0.29) is 29.1 Å². The highest BCUT2D eigenvalue weighted by Gasteiger charge is 2.50. The van der Waals surface area contributed by atoms with E-state index in [9.17, 15) is 9.59 Å². The monoisotopic (exact) mass is 289 g/mol. The molecule has 1 aromatic rings. The number of hydrogen-bond donors (Lipinski definition) is 0. The van der Waals surface area contributed by atoms with E-state index in [1.807, 2.05) is 51.1 Å². The summed E-state index contributed by atoms with van der Waals surface area (Å²) in [5.41, 5.74) is 0.811. The lowest BCUT2D eigenvalue weighted by molar-refractivity contribution is -0.149. The molecule has 0 spiro atoms.